The molecule has 3 atom stereocenters. The van der Waals surface area contributed by atoms with Crippen molar-refractivity contribution in [3.8, 4) is 0 Å². The zero-order valence-corrected chi connectivity index (χ0v) is 14.7. The minimum Gasteiger partial charge on any atom is -0.481 e. The molecule has 6 N–H and O–H groups in total. The molecule has 1 aliphatic carbocycles. The minimum atomic E-state index is -1.35. The van der Waals surface area contributed by atoms with E-state index in [1.807, 2.05) is 13.8 Å². The second kappa shape index (κ2) is 9.39. The molecule has 7 nitrogen and oxygen atoms in total. The molecule has 0 aromatic rings. The predicted molar refractivity (Wildman–Crippen MR) is 92.1 cm³/mol. The van der Waals surface area contributed by atoms with Gasteiger partial charge in [0.1, 0.15) is 0 Å². The van der Waals surface area contributed by atoms with Crippen LogP contribution in [0.5, 0.6) is 0 Å². The molecule has 1 saturated carbocycles. The van der Waals surface area contributed by atoms with E-state index in [9.17, 15) is 14.7 Å². The normalized spacial score (nSPS) is 25.3. The lowest BCUT2D eigenvalue weighted by Crippen LogP contribution is -2.51. The fourth-order valence-electron chi connectivity index (χ4n) is 3.40. The van der Waals surface area contributed by atoms with E-state index in [1.54, 1.807) is 0 Å². The van der Waals surface area contributed by atoms with Crippen molar-refractivity contribution in [1.82, 2.24) is 5.32 Å². The van der Waals surface area contributed by atoms with Crippen LogP contribution in [0.2, 0.25) is 6.32 Å². The van der Waals surface area contributed by atoms with Crippen LogP contribution in [-0.2, 0) is 9.59 Å². The molecule has 0 saturated heterocycles. The number of hydrogen-bond acceptors (Lipinski definition) is 5. The molecule has 138 valence electrons. The van der Waals surface area contributed by atoms with Crippen molar-refractivity contribution in [1.29, 1.82) is 0 Å². The van der Waals surface area contributed by atoms with E-state index in [0.29, 0.717) is 32.1 Å². The van der Waals surface area contributed by atoms with Gasteiger partial charge in [0, 0.05) is 6.04 Å². The topological polar surface area (TPSA) is 133 Å². The van der Waals surface area contributed by atoms with Crippen molar-refractivity contribution >= 4 is 19.0 Å². The quantitative estimate of drug-likeness (QED) is 0.310. The second-order valence-corrected chi connectivity index (χ2v) is 7.38. The molecule has 1 rings (SSSR count). The number of carbonyl (C=O) groups excluding carboxylic acids is 1. The smallest absolute Gasteiger partial charge is 0.451 e. The van der Waals surface area contributed by atoms with Crippen LogP contribution in [-0.4, -0.2) is 46.2 Å². The molecule has 24 heavy (non-hydrogen) atoms. The number of carbonyl (C=O) groups is 2. The Morgan fingerprint density at radius 1 is 1.33 bits per heavy atom. The van der Waals surface area contributed by atoms with Crippen LogP contribution >= 0.6 is 0 Å². The van der Waals surface area contributed by atoms with Crippen molar-refractivity contribution in [2.24, 2.45) is 17.1 Å². The number of carboxylic acids is 1. The van der Waals surface area contributed by atoms with Crippen LogP contribution in [0.4, 0.5) is 0 Å². The molecular weight excluding hydrogens is 311 g/mol. The molecular formula is C16H31BN2O5. The van der Waals surface area contributed by atoms with E-state index in [-0.39, 0.29) is 24.2 Å². The molecule has 1 amide bonds. The summed E-state index contributed by atoms with van der Waals surface area (Å²) in [7, 11) is -1.35. The maximum Gasteiger partial charge on any atom is 0.451 e. The molecule has 0 radical (unpaired) electrons. The van der Waals surface area contributed by atoms with Gasteiger partial charge < -0.3 is 26.2 Å². The maximum absolute atomic E-state index is 12.1. The average molecular weight is 342 g/mol. The number of nitrogens with one attached hydrogen (secondary N) is 1. The molecule has 0 unspecified atom stereocenters. The Hall–Kier alpha value is -1.12. The van der Waals surface area contributed by atoms with Crippen molar-refractivity contribution < 1.29 is 24.7 Å². The summed E-state index contributed by atoms with van der Waals surface area (Å²) in [6.07, 6.45) is 4.43. The van der Waals surface area contributed by atoms with Crippen molar-refractivity contribution in [2.45, 2.75) is 77.2 Å². The number of unbranched alkanes of at least 4 members (excludes halogenated alkanes) is 1. The zero-order chi connectivity index (χ0) is 18.3. The summed E-state index contributed by atoms with van der Waals surface area (Å²) in [5, 5.41) is 30.4. The Bertz CT molecular complexity index is 433. The van der Waals surface area contributed by atoms with Gasteiger partial charge in [-0.15, -0.1) is 0 Å². The number of nitrogens with two attached hydrogens (primary N) is 1. The van der Waals surface area contributed by atoms with Gasteiger partial charge in [0.25, 0.3) is 0 Å². The lowest BCUT2D eigenvalue weighted by Gasteiger charge is -2.38. The van der Waals surface area contributed by atoms with E-state index in [0.717, 1.165) is 12.8 Å². The van der Waals surface area contributed by atoms with E-state index in [1.165, 1.54) is 0 Å². The van der Waals surface area contributed by atoms with Crippen molar-refractivity contribution in [3.63, 3.8) is 0 Å². The second-order valence-electron chi connectivity index (χ2n) is 7.38. The Morgan fingerprint density at radius 2 is 2.00 bits per heavy atom. The largest absolute Gasteiger partial charge is 0.481 e. The summed E-state index contributed by atoms with van der Waals surface area (Å²) in [5.74, 6) is -1.03. The Kier molecular flexibility index (Phi) is 8.19. The monoisotopic (exact) mass is 342 g/mol. The summed E-state index contributed by atoms with van der Waals surface area (Å²) in [5.41, 5.74) is 5.01. The summed E-state index contributed by atoms with van der Waals surface area (Å²) in [6.45, 7) is 3.75. The first-order valence-corrected chi connectivity index (χ1v) is 8.83. The van der Waals surface area contributed by atoms with Crippen LogP contribution in [0.1, 0.15) is 58.8 Å². The summed E-state index contributed by atoms with van der Waals surface area (Å²) in [4.78, 5) is 24.0. The van der Waals surface area contributed by atoms with Gasteiger partial charge in [-0.05, 0) is 37.9 Å². The van der Waals surface area contributed by atoms with Gasteiger partial charge in [-0.2, -0.15) is 0 Å². The number of hydrogen-bond donors (Lipinski definition) is 5. The highest BCUT2D eigenvalue weighted by atomic mass is 16.4. The molecule has 0 heterocycles. The predicted octanol–water partition coefficient (Wildman–Crippen LogP) is 0.743. The van der Waals surface area contributed by atoms with Gasteiger partial charge in [-0.3, -0.25) is 9.59 Å². The van der Waals surface area contributed by atoms with Crippen LogP contribution < -0.4 is 11.1 Å². The van der Waals surface area contributed by atoms with E-state index >= 15 is 0 Å². The van der Waals surface area contributed by atoms with Gasteiger partial charge in [0.05, 0.1) is 11.5 Å². The van der Waals surface area contributed by atoms with Crippen LogP contribution in [0, 0.1) is 11.3 Å². The van der Waals surface area contributed by atoms with Gasteiger partial charge in [-0.1, -0.05) is 33.1 Å². The molecule has 0 bridgehead atoms. The number of aliphatic carboxylic acids is 1. The lowest BCUT2D eigenvalue weighted by molar-refractivity contribution is -0.152. The highest BCUT2D eigenvalue weighted by Gasteiger charge is 2.43. The fourth-order valence-corrected chi connectivity index (χ4v) is 3.40. The van der Waals surface area contributed by atoms with Crippen molar-refractivity contribution in [3.05, 3.63) is 0 Å². The molecule has 8 heteroatoms. The molecule has 1 aliphatic rings. The Morgan fingerprint density at radius 3 is 2.54 bits per heavy atom. The summed E-state index contributed by atoms with van der Waals surface area (Å²) in [6, 6.07) is -0.757. The molecule has 0 aromatic heterocycles. The zero-order valence-electron chi connectivity index (χ0n) is 14.7. The molecule has 0 aliphatic heterocycles. The standard InChI is InChI=1S/C16H31BN2O5/c1-11(2)13(18)14(20)19-12-6-5-8-16(10-12,15(21)22)7-3-4-9-17(23)24/h11-13,23-24H,3-10,18H2,1-2H3,(H,19,20)(H,21,22)/t12-,13+,16+/m0/s1. The first-order valence-electron chi connectivity index (χ1n) is 8.83. The third kappa shape index (κ3) is 6.07. The van der Waals surface area contributed by atoms with Gasteiger partial charge >= 0.3 is 13.1 Å². The number of rotatable bonds is 9. The van der Waals surface area contributed by atoms with E-state index in [2.05, 4.69) is 5.32 Å². The Balaban J connectivity index is 2.63. The van der Waals surface area contributed by atoms with Gasteiger partial charge in [-0.25, -0.2) is 0 Å². The van der Waals surface area contributed by atoms with Crippen LogP contribution in [0.25, 0.3) is 0 Å². The lowest BCUT2D eigenvalue weighted by atomic mass is 9.68. The third-order valence-corrected chi connectivity index (χ3v) is 5.03. The summed E-state index contributed by atoms with van der Waals surface area (Å²) < 4.78 is 0. The first-order chi connectivity index (χ1) is 11.2. The first kappa shape index (κ1) is 20.9. The number of carboxylic acid groups (broad SMARTS) is 1. The minimum absolute atomic E-state index is 0.0303. The van der Waals surface area contributed by atoms with E-state index in [4.69, 9.17) is 15.8 Å². The Labute approximate surface area is 144 Å². The average Bonchev–Trinajstić information content (AvgIpc) is 2.50. The number of amides is 1. The van der Waals surface area contributed by atoms with Crippen molar-refractivity contribution in [2.75, 3.05) is 0 Å². The van der Waals surface area contributed by atoms with Gasteiger partial charge in [0.2, 0.25) is 5.91 Å². The van der Waals surface area contributed by atoms with E-state index < -0.39 is 24.5 Å². The fraction of sp³-hybridized carbons (Fsp3) is 0.875. The molecule has 1 fully saturated rings. The SMILES string of the molecule is CC(C)[C@@H](N)C(=O)N[C@H]1CCC[C@@](CCCCB(O)O)(C(=O)O)C1. The van der Waals surface area contributed by atoms with Crippen LogP contribution in [0.3, 0.4) is 0 Å². The van der Waals surface area contributed by atoms with Gasteiger partial charge in [0.15, 0.2) is 0 Å². The molecule has 0 spiro atoms. The highest BCUT2D eigenvalue weighted by molar-refractivity contribution is 6.40. The van der Waals surface area contributed by atoms with Crippen LogP contribution in [0.15, 0.2) is 0 Å². The summed E-state index contributed by atoms with van der Waals surface area (Å²) >= 11 is 0. The third-order valence-electron chi connectivity index (χ3n) is 5.03. The highest BCUT2D eigenvalue weighted by Crippen LogP contribution is 2.41. The maximum atomic E-state index is 12.1. The molecule has 0 aromatic carbocycles.